The van der Waals surface area contributed by atoms with Gasteiger partial charge in [0.2, 0.25) is 10.0 Å². The van der Waals surface area contributed by atoms with Crippen LogP contribution in [0.25, 0.3) is 0 Å². The summed E-state index contributed by atoms with van der Waals surface area (Å²) < 4.78 is 26.2. The van der Waals surface area contributed by atoms with E-state index in [4.69, 9.17) is 5.11 Å². The van der Waals surface area contributed by atoms with Gasteiger partial charge in [0.15, 0.2) is 0 Å². The van der Waals surface area contributed by atoms with Gasteiger partial charge in [-0.2, -0.15) is 0 Å². The first kappa shape index (κ1) is 17.7. The number of aliphatic carboxylic acids is 1. The Kier molecular flexibility index (Phi) is 6.36. The second-order valence-electron chi connectivity index (χ2n) is 5.34. The Balaban J connectivity index is 2.82. The fourth-order valence-electron chi connectivity index (χ4n) is 1.93. The highest BCUT2D eigenvalue weighted by molar-refractivity contribution is 7.89. The summed E-state index contributed by atoms with van der Waals surface area (Å²) in [5, 5.41) is 8.64. The van der Waals surface area contributed by atoms with Gasteiger partial charge in [0.1, 0.15) is 0 Å². The van der Waals surface area contributed by atoms with Gasteiger partial charge >= 0.3 is 5.97 Å². The largest absolute Gasteiger partial charge is 0.481 e. The van der Waals surface area contributed by atoms with Crippen molar-refractivity contribution in [3.63, 3.8) is 0 Å². The van der Waals surface area contributed by atoms with Crippen molar-refractivity contribution >= 4 is 16.0 Å². The molecule has 1 rings (SSSR count). The molecular weight excluding hydrogens is 290 g/mol. The minimum atomic E-state index is -3.48. The maximum absolute atomic E-state index is 12.4. The van der Waals surface area contributed by atoms with Crippen molar-refractivity contribution in [3.05, 3.63) is 29.8 Å². The second-order valence-corrected chi connectivity index (χ2v) is 7.38. The zero-order valence-electron chi connectivity index (χ0n) is 12.7. The Morgan fingerprint density at radius 3 is 2.33 bits per heavy atom. The molecule has 6 heteroatoms. The van der Waals surface area contributed by atoms with E-state index in [2.05, 4.69) is 0 Å². The Bertz CT molecular complexity index is 566. The number of hydrogen-bond donors (Lipinski definition) is 1. The van der Waals surface area contributed by atoms with E-state index in [9.17, 15) is 13.2 Å². The average Bonchev–Trinajstić information content (AvgIpc) is 2.45. The zero-order chi connectivity index (χ0) is 16.0. The summed E-state index contributed by atoms with van der Waals surface area (Å²) in [6, 6.07) is 6.43. The molecule has 0 saturated heterocycles. The normalized spacial score (nSPS) is 13.3. The summed E-state index contributed by atoms with van der Waals surface area (Å²) in [6.07, 6.45) is 1.37. The summed E-state index contributed by atoms with van der Waals surface area (Å²) in [7, 11) is -1.89. The monoisotopic (exact) mass is 313 g/mol. The highest BCUT2D eigenvalue weighted by Crippen LogP contribution is 2.17. The van der Waals surface area contributed by atoms with E-state index in [-0.39, 0.29) is 11.3 Å². The third kappa shape index (κ3) is 5.13. The minimum Gasteiger partial charge on any atom is -0.481 e. The van der Waals surface area contributed by atoms with E-state index in [1.165, 1.54) is 4.31 Å². The van der Waals surface area contributed by atoms with Crippen molar-refractivity contribution < 1.29 is 18.3 Å². The van der Waals surface area contributed by atoms with Crippen molar-refractivity contribution in [2.45, 2.75) is 38.0 Å². The van der Waals surface area contributed by atoms with Crippen LogP contribution in [0.4, 0.5) is 0 Å². The lowest BCUT2D eigenvalue weighted by Crippen LogP contribution is -2.31. The van der Waals surface area contributed by atoms with Gasteiger partial charge in [-0.3, -0.25) is 4.79 Å². The molecule has 0 saturated carbocycles. The van der Waals surface area contributed by atoms with E-state index in [1.54, 1.807) is 31.3 Å². The zero-order valence-corrected chi connectivity index (χ0v) is 13.6. The number of rotatable bonds is 8. The van der Waals surface area contributed by atoms with E-state index in [0.29, 0.717) is 18.9 Å². The van der Waals surface area contributed by atoms with Gasteiger partial charge < -0.3 is 5.11 Å². The van der Waals surface area contributed by atoms with Crippen molar-refractivity contribution in [2.24, 2.45) is 5.92 Å². The van der Waals surface area contributed by atoms with Crippen molar-refractivity contribution in [3.8, 4) is 0 Å². The summed E-state index contributed by atoms with van der Waals surface area (Å²) in [5.74, 6) is -0.556. The molecule has 0 heterocycles. The number of nitrogens with zero attached hydrogens (tertiary/aromatic N) is 1. The lowest BCUT2D eigenvalue weighted by molar-refractivity contribution is -0.136. The van der Waals surface area contributed by atoms with Crippen LogP contribution < -0.4 is 0 Å². The van der Waals surface area contributed by atoms with Crippen LogP contribution in [-0.4, -0.2) is 37.4 Å². The summed E-state index contributed by atoms with van der Waals surface area (Å²) in [6.45, 7) is 4.53. The molecule has 1 N–H and O–H groups in total. The van der Waals surface area contributed by atoms with E-state index in [0.717, 1.165) is 12.0 Å². The van der Waals surface area contributed by atoms with Crippen LogP contribution >= 0.6 is 0 Å². The Hall–Kier alpha value is -1.40. The Morgan fingerprint density at radius 1 is 1.29 bits per heavy atom. The minimum absolute atomic E-state index is 0.0417. The third-order valence-electron chi connectivity index (χ3n) is 3.52. The molecule has 1 aromatic rings. The predicted octanol–water partition coefficient (Wildman–Crippen LogP) is 2.37. The summed E-state index contributed by atoms with van der Waals surface area (Å²) in [4.78, 5) is 10.8. The Morgan fingerprint density at radius 2 is 1.86 bits per heavy atom. The van der Waals surface area contributed by atoms with E-state index in [1.807, 2.05) is 13.8 Å². The van der Waals surface area contributed by atoms with Crippen LogP contribution in [0, 0.1) is 5.92 Å². The molecule has 21 heavy (non-hydrogen) atoms. The lowest BCUT2D eigenvalue weighted by atomic mass is 10.1. The fourth-order valence-corrected chi connectivity index (χ4v) is 3.22. The molecule has 1 atom stereocenters. The standard InChI is InChI=1S/C15H23NO4S/c1-4-12(2)11-16(3)21(19,20)14-8-5-13(6-9-14)7-10-15(17)18/h5-6,8-9,12H,4,7,10-11H2,1-3H3,(H,17,18). The quantitative estimate of drug-likeness (QED) is 0.799. The van der Waals surface area contributed by atoms with Crippen LogP contribution in [0.3, 0.4) is 0 Å². The van der Waals surface area contributed by atoms with Crippen LogP contribution in [0.2, 0.25) is 0 Å². The molecular formula is C15H23NO4S. The molecule has 0 bridgehead atoms. The van der Waals surface area contributed by atoms with Crippen LogP contribution in [0.15, 0.2) is 29.2 Å². The SMILES string of the molecule is CCC(C)CN(C)S(=O)(=O)c1ccc(CCC(=O)O)cc1. The van der Waals surface area contributed by atoms with Gasteiger partial charge in [-0.1, -0.05) is 32.4 Å². The molecule has 0 spiro atoms. The number of carbonyl (C=O) groups is 1. The first-order valence-corrected chi connectivity index (χ1v) is 8.48. The van der Waals surface area contributed by atoms with E-state index < -0.39 is 16.0 Å². The van der Waals surface area contributed by atoms with Gasteiger partial charge in [0.25, 0.3) is 0 Å². The fraction of sp³-hybridized carbons (Fsp3) is 0.533. The first-order valence-electron chi connectivity index (χ1n) is 7.04. The molecule has 0 aromatic heterocycles. The molecule has 0 amide bonds. The van der Waals surface area contributed by atoms with Gasteiger partial charge in [-0.05, 0) is 30.0 Å². The smallest absolute Gasteiger partial charge is 0.303 e. The molecule has 1 aromatic carbocycles. The number of benzene rings is 1. The Labute approximate surface area is 126 Å². The molecule has 0 aliphatic rings. The molecule has 1 unspecified atom stereocenters. The molecule has 0 radical (unpaired) electrons. The molecule has 0 aliphatic heterocycles. The first-order chi connectivity index (χ1) is 9.77. The number of aryl methyl sites for hydroxylation is 1. The van der Waals surface area contributed by atoms with Crippen LogP contribution in [0.5, 0.6) is 0 Å². The van der Waals surface area contributed by atoms with Crippen molar-refractivity contribution in [2.75, 3.05) is 13.6 Å². The number of sulfonamides is 1. The number of carboxylic acid groups (broad SMARTS) is 1. The molecule has 118 valence electrons. The van der Waals surface area contributed by atoms with Gasteiger partial charge in [0, 0.05) is 20.0 Å². The van der Waals surface area contributed by atoms with Crippen LogP contribution in [-0.2, 0) is 21.2 Å². The maximum Gasteiger partial charge on any atom is 0.303 e. The maximum atomic E-state index is 12.4. The third-order valence-corrected chi connectivity index (χ3v) is 5.36. The summed E-state index contributed by atoms with van der Waals surface area (Å²) in [5.41, 5.74) is 0.820. The lowest BCUT2D eigenvalue weighted by Gasteiger charge is -2.20. The van der Waals surface area contributed by atoms with Gasteiger partial charge in [-0.25, -0.2) is 12.7 Å². The highest BCUT2D eigenvalue weighted by Gasteiger charge is 2.21. The van der Waals surface area contributed by atoms with Gasteiger partial charge in [-0.15, -0.1) is 0 Å². The van der Waals surface area contributed by atoms with Crippen molar-refractivity contribution in [1.82, 2.24) is 4.31 Å². The molecule has 0 aliphatic carbocycles. The summed E-state index contributed by atoms with van der Waals surface area (Å²) >= 11 is 0. The molecule has 0 fully saturated rings. The van der Waals surface area contributed by atoms with Crippen molar-refractivity contribution in [1.29, 1.82) is 0 Å². The van der Waals surface area contributed by atoms with E-state index >= 15 is 0 Å². The number of carboxylic acids is 1. The highest BCUT2D eigenvalue weighted by atomic mass is 32.2. The topological polar surface area (TPSA) is 74.7 Å². The van der Waals surface area contributed by atoms with Gasteiger partial charge in [0.05, 0.1) is 4.90 Å². The van der Waals surface area contributed by atoms with Crippen LogP contribution in [0.1, 0.15) is 32.3 Å². The molecule has 5 nitrogen and oxygen atoms in total. The second kappa shape index (κ2) is 7.56. The number of hydrogen-bond acceptors (Lipinski definition) is 3. The average molecular weight is 313 g/mol. The predicted molar refractivity (Wildman–Crippen MR) is 81.7 cm³/mol.